The van der Waals surface area contributed by atoms with E-state index in [1.165, 1.54) is 4.90 Å². The molecule has 1 aromatic rings. The average molecular weight is 307 g/mol. The second kappa shape index (κ2) is 4.85. The average Bonchev–Trinajstić information content (AvgIpc) is 2.36. The van der Waals surface area contributed by atoms with E-state index in [4.69, 9.17) is 4.43 Å². The summed E-state index contributed by atoms with van der Waals surface area (Å²) >= 11 is 0. The smallest absolute Gasteiger partial charge is 0.260 e. The van der Waals surface area contributed by atoms with Crippen molar-refractivity contribution in [2.75, 3.05) is 13.6 Å². The summed E-state index contributed by atoms with van der Waals surface area (Å²) in [4.78, 5) is 13.4. The minimum atomic E-state index is -1.93. The molecule has 21 heavy (non-hydrogen) atoms. The molecule has 5 heteroatoms. The molecule has 0 spiro atoms. The molecule has 116 valence electrons. The van der Waals surface area contributed by atoms with E-state index >= 15 is 0 Å². The molecule has 1 N–H and O–H groups in total. The Balaban J connectivity index is 2.26. The number of hydrogen-bond acceptors (Lipinski definition) is 3. The third-order valence-electron chi connectivity index (χ3n) is 4.66. The van der Waals surface area contributed by atoms with Crippen LogP contribution in [0.15, 0.2) is 24.3 Å². The molecule has 1 heterocycles. The SMILES string of the molecule is CN1C[C@](O)(c2cccc(O[Si](C)(C)C(C)(C)C)c2)C1=O. The van der Waals surface area contributed by atoms with Gasteiger partial charge in [0.05, 0.1) is 6.54 Å². The predicted octanol–water partition coefficient (Wildman–Crippen LogP) is 2.73. The Hall–Kier alpha value is -1.33. The summed E-state index contributed by atoms with van der Waals surface area (Å²) in [5.74, 6) is 0.474. The van der Waals surface area contributed by atoms with Gasteiger partial charge in [-0.15, -0.1) is 0 Å². The van der Waals surface area contributed by atoms with E-state index in [2.05, 4.69) is 33.9 Å². The van der Waals surface area contributed by atoms with Crippen LogP contribution in [0, 0.1) is 0 Å². The molecule has 0 aliphatic carbocycles. The third-order valence-corrected chi connectivity index (χ3v) is 9.02. The molecule has 1 aromatic carbocycles. The summed E-state index contributed by atoms with van der Waals surface area (Å²) in [6, 6.07) is 7.30. The molecule has 0 bridgehead atoms. The van der Waals surface area contributed by atoms with E-state index in [1.807, 2.05) is 12.1 Å². The van der Waals surface area contributed by atoms with E-state index in [0.29, 0.717) is 12.1 Å². The van der Waals surface area contributed by atoms with Crippen molar-refractivity contribution in [1.29, 1.82) is 0 Å². The van der Waals surface area contributed by atoms with E-state index in [-0.39, 0.29) is 10.9 Å². The number of rotatable bonds is 3. The fourth-order valence-electron chi connectivity index (χ4n) is 2.19. The number of β-lactam (4-membered cyclic amide) rings is 1. The first kappa shape index (κ1) is 16.0. The largest absolute Gasteiger partial charge is 0.543 e. The number of likely N-dealkylation sites (N-methyl/N-ethyl adjacent to an activating group) is 1. The van der Waals surface area contributed by atoms with Gasteiger partial charge < -0.3 is 14.4 Å². The van der Waals surface area contributed by atoms with Gasteiger partial charge in [-0.3, -0.25) is 4.79 Å². The first-order valence-corrected chi connectivity index (χ1v) is 10.2. The van der Waals surface area contributed by atoms with Gasteiger partial charge in [0, 0.05) is 7.05 Å². The van der Waals surface area contributed by atoms with Crippen molar-refractivity contribution in [1.82, 2.24) is 4.90 Å². The van der Waals surface area contributed by atoms with Crippen LogP contribution in [-0.4, -0.2) is 37.8 Å². The van der Waals surface area contributed by atoms with Crippen LogP contribution in [0.3, 0.4) is 0 Å². The monoisotopic (exact) mass is 307 g/mol. The first-order valence-electron chi connectivity index (χ1n) is 7.25. The molecule has 1 saturated heterocycles. The van der Waals surface area contributed by atoms with Gasteiger partial charge in [-0.1, -0.05) is 32.9 Å². The van der Waals surface area contributed by atoms with Crippen molar-refractivity contribution in [2.24, 2.45) is 0 Å². The molecule has 1 aliphatic heterocycles. The Labute approximate surface area is 127 Å². The Morgan fingerprint density at radius 1 is 1.33 bits per heavy atom. The number of nitrogens with zero attached hydrogens (tertiary/aromatic N) is 1. The fourth-order valence-corrected chi connectivity index (χ4v) is 3.21. The number of amides is 1. The zero-order chi connectivity index (χ0) is 16.1. The highest BCUT2D eigenvalue weighted by atomic mass is 28.4. The van der Waals surface area contributed by atoms with Crippen molar-refractivity contribution >= 4 is 14.2 Å². The lowest BCUT2D eigenvalue weighted by Gasteiger charge is -2.43. The molecule has 0 aromatic heterocycles. The van der Waals surface area contributed by atoms with Crippen molar-refractivity contribution in [2.45, 2.75) is 44.5 Å². The van der Waals surface area contributed by atoms with Crippen LogP contribution in [0.2, 0.25) is 18.1 Å². The molecule has 1 aliphatic rings. The highest BCUT2D eigenvalue weighted by Gasteiger charge is 2.50. The van der Waals surface area contributed by atoms with Gasteiger partial charge >= 0.3 is 0 Å². The summed E-state index contributed by atoms with van der Waals surface area (Å²) in [5.41, 5.74) is -0.775. The standard InChI is InChI=1S/C16H25NO3Si/c1-15(2,3)21(5,6)20-13-9-7-8-12(10-13)16(19)11-17(4)14(16)18/h7-10,19H,11H2,1-6H3/t16-/m0/s1. The number of hydrogen-bond donors (Lipinski definition) is 1. The third kappa shape index (κ3) is 2.72. The molecular formula is C16H25NO3Si. The van der Waals surface area contributed by atoms with Gasteiger partial charge in [-0.05, 0) is 35.8 Å². The fraction of sp³-hybridized carbons (Fsp3) is 0.562. The first-order chi connectivity index (χ1) is 9.47. The summed E-state index contributed by atoms with van der Waals surface area (Å²) in [6.45, 7) is 11.2. The lowest BCUT2D eigenvalue weighted by molar-refractivity contribution is -0.174. The minimum absolute atomic E-state index is 0.104. The lowest BCUT2D eigenvalue weighted by Crippen LogP contribution is -2.62. The summed E-state index contributed by atoms with van der Waals surface area (Å²) < 4.78 is 6.24. The van der Waals surface area contributed by atoms with Gasteiger partial charge in [-0.2, -0.15) is 0 Å². The van der Waals surface area contributed by atoms with E-state index in [0.717, 1.165) is 5.75 Å². The maximum atomic E-state index is 11.9. The summed E-state index contributed by atoms with van der Waals surface area (Å²) in [7, 11) is -0.240. The van der Waals surface area contributed by atoms with Gasteiger partial charge in [0.2, 0.25) is 8.32 Å². The number of likely N-dealkylation sites (tertiary alicyclic amines) is 1. The van der Waals surface area contributed by atoms with Crippen LogP contribution in [0.4, 0.5) is 0 Å². The Bertz CT molecular complexity index is 565. The van der Waals surface area contributed by atoms with Crippen LogP contribution in [0.25, 0.3) is 0 Å². The molecule has 0 unspecified atom stereocenters. The van der Waals surface area contributed by atoms with Crippen LogP contribution >= 0.6 is 0 Å². The van der Waals surface area contributed by atoms with Crippen LogP contribution in [-0.2, 0) is 10.4 Å². The van der Waals surface area contributed by atoms with E-state index < -0.39 is 13.9 Å². The second-order valence-electron chi connectivity index (χ2n) is 7.41. The topological polar surface area (TPSA) is 49.8 Å². The van der Waals surface area contributed by atoms with E-state index in [1.54, 1.807) is 19.2 Å². The number of carbonyl (C=O) groups excluding carboxylic acids is 1. The van der Waals surface area contributed by atoms with Crippen molar-refractivity contribution in [3.8, 4) is 5.75 Å². The van der Waals surface area contributed by atoms with Gasteiger partial charge in [0.25, 0.3) is 5.91 Å². The van der Waals surface area contributed by atoms with Gasteiger partial charge in [-0.25, -0.2) is 0 Å². The summed E-state index contributed by atoms with van der Waals surface area (Å²) in [5, 5.41) is 10.6. The minimum Gasteiger partial charge on any atom is -0.543 e. The number of β-amino-alcohol motifs (C(OH)–C–C–N with tert-alkyl or cyclic N) is 1. The predicted molar refractivity (Wildman–Crippen MR) is 85.8 cm³/mol. The summed E-state index contributed by atoms with van der Waals surface area (Å²) in [6.07, 6.45) is 0. The number of aliphatic hydroxyl groups is 1. The number of benzene rings is 1. The highest BCUT2D eigenvalue weighted by Crippen LogP contribution is 2.39. The molecule has 1 atom stereocenters. The molecular weight excluding hydrogens is 282 g/mol. The Kier molecular flexibility index (Phi) is 3.70. The lowest BCUT2D eigenvalue weighted by atomic mass is 9.85. The van der Waals surface area contributed by atoms with Gasteiger partial charge in [0.15, 0.2) is 5.60 Å². The van der Waals surface area contributed by atoms with Crippen molar-refractivity contribution in [3.05, 3.63) is 29.8 Å². The Morgan fingerprint density at radius 2 is 1.95 bits per heavy atom. The van der Waals surface area contributed by atoms with Crippen molar-refractivity contribution in [3.63, 3.8) is 0 Å². The van der Waals surface area contributed by atoms with Crippen LogP contribution in [0.5, 0.6) is 5.75 Å². The second-order valence-corrected chi connectivity index (χ2v) is 12.1. The maximum absolute atomic E-state index is 11.9. The molecule has 0 radical (unpaired) electrons. The normalized spacial score (nSPS) is 23.0. The van der Waals surface area contributed by atoms with Crippen LogP contribution < -0.4 is 4.43 Å². The molecule has 2 rings (SSSR count). The van der Waals surface area contributed by atoms with Crippen molar-refractivity contribution < 1.29 is 14.3 Å². The highest BCUT2D eigenvalue weighted by molar-refractivity contribution is 6.74. The zero-order valence-corrected chi connectivity index (χ0v) is 14.7. The molecule has 4 nitrogen and oxygen atoms in total. The van der Waals surface area contributed by atoms with Gasteiger partial charge in [0.1, 0.15) is 5.75 Å². The molecule has 1 amide bonds. The van der Waals surface area contributed by atoms with E-state index in [9.17, 15) is 9.90 Å². The maximum Gasteiger partial charge on any atom is 0.260 e. The quantitative estimate of drug-likeness (QED) is 0.690. The Morgan fingerprint density at radius 3 is 2.43 bits per heavy atom. The number of carbonyl (C=O) groups is 1. The zero-order valence-electron chi connectivity index (χ0n) is 13.7. The molecule has 0 saturated carbocycles. The molecule has 1 fully saturated rings. The van der Waals surface area contributed by atoms with Crippen LogP contribution in [0.1, 0.15) is 26.3 Å².